The summed E-state index contributed by atoms with van der Waals surface area (Å²) in [5, 5.41) is 9.51. The number of phenols is 1. The van der Waals surface area contributed by atoms with E-state index in [4.69, 9.17) is 0 Å². The van der Waals surface area contributed by atoms with Gasteiger partial charge >= 0.3 is 0 Å². The highest BCUT2D eigenvalue weighted by atomic mass is 16.3. The first kappa shape index (κ1) is 18.0. The fourth-order valence-electron chi connectivity index (χ4n) is 1.76. The van der Waals surface area contributed by atoms with Crippen LogP contribution in [0.3, 0.4) is 0 Å². The molecular formula is C17H31NO. The van der Waals surface area contributed by atoms with Crippen LogP contribution in [-0.4, -0.2) is 30.1 Å². The summed E-state index contributed by atoms with van der Waals surface area (Å²) in [6, 6.07) is 5.73. The first-order chi connectivity index (χ1) is 9.06. The van der Waals surface area contributed by atoms with Gasteiger partial charge in [0.15, 0.2) is 0 Å². The molecule has 0 aliphatic rings. The van der Waals surface area contributed by atoms with Gasteiger partial charge in [-0.1, -0.05) is 52.2 Å². The quantitative estimate of drug-likeness (QED) is 0.824. The van der Waals surface area contributed by atoms with E-state index in [1.54, 1.807) is 6.07 Å². The van der Waals surface area contributed by atoms with Gasteiger partial charge in [-0.2, -0.15) is 0 Å². The molecule has 0 radical (unpaired) electrons. The number of unbranched alkanes of at least 4 members (excludes halogenated alkanes) is 2. The van der Waals surface area contributed by atoms with Crippen LogP contribution in [-0.2, 0) is 6.42 Å². The first-order valence-corrected chi connectivity index (χ1v) is 7.52. The molecule has 0 aromatic heterocycles. The molecule has 1 rings (SSSR count). The standard InChI is InChI=1S/C12H19NO.C5H12/c1-4-13(3)9-8-11-6-5-7-12(14)10(11)2;1-3-5-4-2/h5-7,14H,4,8-9H2,1-3H3;3-5H2,1-2H3. The van der Waals surface area contributed by atoms with E-state index in [-0.39, 0.29) is 0 Å². The SMILES string of the molecule is CCCCC.CCN(C)CCc1cccc(O)c1C. The Balaban J connectivity index is 0.000000555. The summed E-state index contributed by atoms with van der Waals surface area (Å²) in [6.45, 7) is 10.7. The maximum atomic E-state index is 9.51. The normalized spacial score (nSPS) is 10.2. The van der Waals surface area contributed by atoms with Crippen molar-refractivity contribution in [1.82, 2.24) is 4.90 Å². The van der Waals surface area contributed by atoms with E-state index in [1.807, 2.05) is 13.0 Å². The van der Waals surface area contributed by atoms with E-state index in [0.29, 0.717) is 5.75 Å². The predicted molar refractivity (Wildman–Crippen MR) is 84.9 cm³/mol. The minimum absolute atomic E-state index is 0.404. The number of nitrogens with zero attached hydrogens (tertiary/aromatic N) is 1. The molecule has 19 heavy (non-hydrogen) atoms. The Morgan fingerprint density at radius 1 is 1.11 bits per heavy atom. The van der Waals surface area contributed by atoms with Gasteiger partial charge in [0.05, 0.1) is 0 Å². The summed E-state index contributed by atoms with van der Waals surface area (Å²) >= 11 is 0. The van der Waals surface area contributed by atoms with E-state index >= 15 is 0 Å². The minimum atomic E-state index is 0.404. The smallest absolute Gasteiger partial charge is 0.118 e. The van der Waals surface area contributed by atoms with Crippen molar-refractivity contribution in [1.29, 1.82) is 0 Å². The fourth-order valence-corrected chi connectivity index (χ4v) is 1.76. The number of aromatic hydroxyl groups is 1. The third kappa shape index (κ3) is 7.89. The second kappa shape index (κ2) is 10.9. The molecule has 1 aromatic carbocycles. The van der Waals surface area contributed by atoms with Crippen molar-refractivity contribution in [3.05, 3.63) is 29.3 Å². The van der Waals surface area contributed by atoms with E-state index in [9.17, 15) is 5.11 Å². The molecule has 0 unspecified atom stereocenters. The molecule has 1 N–H and O–H groups in total. The van der Waals surface area contributed by atoms with Crippen LogP contribution >= 0.6 is 0 Å². The monoisotopic (exact) mass is 265 g/mol. The number of rotatable bonds is 6. The van der Waals surface area contributed by atoms with Crippen molar-refractivity contribution < 1.29 is 5.11 Å². The predicted octanol–water partition coefficient (Wildman–Crippen LogP) is 4.39. The number of hydrogen-bond donors (Lipinski definition) is 1. The van der Waals surface area contributed by atoms with Crippen LogP contribution in [0.5, 0.6) is 5.75 Å². The zero-order valence-corrected chi connectivity index (χ0v) is 13.4. The topological polar surface area (TPSA) is 23.5 Å². The number of hydrogen-bond acceptors (Lipinski definition) is 2. The van der Waals surface area contributed by atoms with Crippen molar-refractivity contribution in [2.24, 2.45) is 0 Å². The van der Waals surface area contributed by atoms with Gasteiger partial charge in [0.2, 0.25) is 0 Å². The van der Waals surface area contributed by atoms with Gasteiger partial charge in [0, 0.05) is 6.54 Å². The molecular weight excluding hydrogens is 234 g/mol. The molecule has 0 saturated heterocycles. The van der Waals surface area contributed by atoms with Gasteiger partial charge in [0.1, 0.15) is 5.75 Å². The summed E-state index contributed by atoms with van der Waals surface area (Å²) in [6.07, 6.45) is 5.08. The van der Waals surface area contributed by atoms with E-state index in [0.717, 1.165) is 25.1 Å². The van der Waals surface area contributed by atoms with E-state index in [1.165, 1.54) is 24.8 Å². The Bertz CT molecular complexity index is 334. The molecule has 0 saturated carbocycles. The van der Waals surface area contributed by atoms with Crippen molar-refractivity contribution in [2.75, 3.05) is 20.1 Å². The van der Waals surface area contributed by atoms with Crippen LogP contribution in [0.1, 0.15) is 51.2 Å². The zero-order valence-electron chi connectivity index (χ0n) is 13.4. The first-order valence-electron chi connectivity index (χ1n) is 7.52. The van der Waals surface area contributed by atoms with Crippen LogP contribution in [0.2, 0.25) is 0 Å². The maximum absolute atomic E-state index is 9.51. The largest absolute Gasteiger partial charge is 0.508 e. The van der Waals surface area contributed by atoms with Gasteiger partial charge in [-0.15, -0.1) is 0 Å². The summed E-state index contributed by atoms with van der Waals surface area (Å²) in [5.41, 5.74) is 2.25. The van der Waals surface area contributed by atoms with Gasteiger partial charge in [-0.25, -0.2) is 0 Å². The Morgan fingerprint density at radius 2 is 1.74 bits per heavy atom. The van der Waals surface area contributed by atoms with Crippen LogP contribution in [0.25, 0.3) is 0 Å². The maximum Gasteiger partial charge on any atom is 0.118 e. The summed E-state index contributed by atoms with van der Waals surface area (Å²) in [4.78, 5) is 2.27. The molecule has 0 spiro atoms. The lowest BCUT2D eigenvalue weighted by atomic mass is 10.0. The molecule has 1 aromatic rings. The van der Waals surface area contributed by atoms with Gasteiger partial charge in [-0.05, 0) is 44.1 Å². The third-order valence-electron chi connectivity index (χ3n) is 3.43. The van der Waals surface area contributed by atoms with Crippen molar-refractivity contribution in [2.45, 2.75) is 53.4 Å². The summed E-state index contributed by atoms with van der Waals surface area (Å²) < 4.78 is 0. The average Bonchev–Trinajstić information content (AvgIpc) is 2.41. The van der Waals surface area contributed by atoms with Crippen LogP contribution in [0.15, 0.2) is 18.2 Å². The Kier molecular flexibility index (Phi) is 10.3. The lowest BCUT2D eigenvalue weighted by Crippen LogP contribution is -2.20. The van der Waals surface area contributed by atoms with Crippen molar-refractivity contribution >= 4 is 0 Å². The minimum Gasteiger partial charge on any atom is -0.508 e. The molecule has 0 bridgehead atoms. The number of benzene rings is 1. The van der Waals surface area contributed by atoms with Crippen molar-refractivity contribution in [3.8, 4) is 5.75 Å². The van der Waals surface area contributed by atoms with Crippen LogP contribution in [0, 0.1) is 6.92 Å². The highest BCUT2D eigenvalue weighted by Crippen LogP contribution is 2.19. The highest BCUT2D eigenvalue weighted by Gasteiger charge is 2.03. The van der Waals surface area contributed by atoms with E-state index in [2.05, 4.69) is 38.8 Å². The van der Waals surface area contributed by atoms with Crippen LogP contribution < -0.4 is 0 Å². The molecule has 0 aliphatic carbocycles. The van der Waals surface area contributed by atoms with Crippen LogP contribution in [0.4, 0.5) is 0 Å². The lowest BCUT2D eigenvalue weighted by Gasteiger charge is -2.14. The molecule has 0 fully saturated rings. The van der Waals surface area contributed by atoms with Crippen molar-refractivity contribution in [3.63, 3.8) is 0 Å². The van der Waals surface area contributed by atoms with Gasteiger partial charge in [-0.3, -0.25) is 0 Å². The second-order valence-corrected chi connectivity index (χ2v) is 5.06. The fraction of sp³-hybridized carbons (Fsp3) is 0.647. The van der Waals surface area contributed by atoms with Gasteiger partial charge in [0.25, 0.3) is 0 Å². The molecule has 0 aliphatic heterocycles. The Morgan fingerprint density at radius 3 is 2.21 bits per heavy atom. The average molecular weight is 265 g/mol. The number of phenolic OH excluding ortho intramolecular Hbond substituents is 1. The van der Waals surface area contributed by atoms with E-state index < -0.39 is 0 Å². The third-order valence-corrected chi connectivity index (χ3v) is 3.43. The summed E-state index contributed by atoms with van der Waals surface area (Å²) in [7, 11) is 2.11. The Hall–Kier alpha value is -1.02. The zero-order chi connectivity index (χ0) is 14.7. The Labute approximate surface area is 119 Å². The molecule has 0 heterocycles. The molecule has 2 nitrogen and oxygen atoms in total. The molecule has 0 atom stereocenters. The highest BCUT2D eigenvalue weighted by molar-refractivity contribution is 5.38. The molecule has 110 valence electrons. The molecule has 0 amide bonds. The lowest BCUT2D eigenvalue weighted by molar-refractivity contribution is 0.357. The molecule has 2 heteroatoms. The number of likely N-dealkylation sites (N-methyl/N-ethyl adjacent to an activating group) is 1. The second-order valence-electron chi connectivity index (χ2n) is 5.06. The summed E-state index contributed by atoms with van der Waals surface area (Å²) in [5.74, 6) is 0.404. The van der Waals surface area contributed by atoms with Gasteiger partial charge < -0.3 is 10.0 Å².